The lowest BCUT2D eigenvalue weighted by molar-refractivity contribution is -0.111. The number of carbonyl (C=O) groups is 2. The van der Waals surface area contributed by atoms with Gasteiger partial charge in [0.1, 0.15) is 11.5 Å². The van der Waals surface area contributed by atoms with Gasteiger partial charge in [-0.1, -0.05) is 0 Å². The number of hydrogen-bond acceptors (Lipinski definition) is 3. The second-order valence-corrected chi connectivity index (χ2v) is 4.79. The van der Waals surface area contributed by atoms with Gasteiger partial charge in [-0.2, -0.15) is 0 Å². The van der Waals surface area contributed by atoms with E-state index >= 15 is 0 Å². The van der Waals surface area contributed by atoms with Crippen LogP contribution in [0.3, 0.4) is 0 Å². The summed E-state index contributed by atoms with van der Waals surface area (Å²) in [4.78, 5) is 25.4. The van der Waals surface area contributed by atoms with Gasteiger partial charge < -0.3 is 19.8 Å². The molecule has 6 nitrogen and oxygen atoms in total. The summed E-state index contributed by atoms with van der Waals surface area (Å²) in [7, 11) is 0. The summed E-state index contributed by atoms with van der Waals surface area (Å²) in [6.45, 7) is 1.71. The van der Waals surface area contributed by atoms with E-state index in [1.165, 1.54) is 12.2 Å². The number of H-pyrrole nitrogens is 1. The number of rotatable bonds is 4. The largest absolute Gasteiger partial charge is 0.477 e. The standard InChI is InChI=1S/C13H11BrN2O4/c1-7-6-9(12(15-7)13(18)19)16-11(17)5-3-8-2-4-10(14)20-8/h2-6,15H,1H3,(H,16,17)(H,18,19)/b5-3+. The number of hydrogen-bond donors (Lipinski definition) is 3. The number of amides is 1. The van der Waals surface area contributed by atoms with Gasteiger partial charge in [0.25, 0.3) is 0 Å². The van der Waals surface area contributed by atoms with E-state index in [9.17, 15) is 9.59 Å². The fourth-order valence-electron chi connectivity index (χ4n) is 1.61. The molecule has 0 saturated carbocycles. The van der Waals surface area contributed by atoms with Crippen molar-refractivity contribution in [3.05, 3.63) is 46.1 Å². The molecule has 1 amide bonds. The summed E-state index contributed by atoms with van der Waals surface area (Å²) in [6.07, 6.45) is 2.75. The molecule has 0 atom stereocenters. The molecule has 20 heavy (non-hydrogen) atoms. The number of anilines is 1. The number of nitrogens with one attached hydrogen (secondary N) is 2. The third-order valence-corrected chi connectivity index (χ3v) is 2.84. The monoisotopic (exact) mass is 338 g/mol. The molecule has 0 fully saturated rings. The Hall–Kier alpha value is -2.28. The third-order valence-electron chi connectivity index (χ3n) is 2.42. The van der Waals surface area contributed by atoms with Gasteiger partial charge >= 0.3 is 5.97 Å². The summed E-state index contributed by atoms with van der Waals surface area (Å²) in [5.41, 5.74) is 0.826. The molecule has 7 heteroatoms. The molecule has 0 saturated heterocycles. The van der Waals surface area contributed by atoms with Gasteiger partial charge in [-0.3, -0.25) is 4.79 Å². The highest BCUT2D eigenvalue weighted by atomic mass is 79.9. The van der Waals surface area contributed by atoms with Gasteiger partial charge in [0.05, 0.1) is 5.69 Å². The van der Waals surface area contributed by atoms with Gasteiger partial charge in [-0.15, -0.1) is 0 Å². The maximum Gasteiger partial charge on any atom is 0.354 e. The van der Waals surface area contributed by atoms with Crippen molar-refractivity contribution < 1.29 is 19.1 Å². The van der Waals surface area contributed by atoms with E-state index < -0.39 is 11.9 Å². The molecule has 0 spiro atoms. The molecule has 0 aliphatic rings. The van der Waals surface area contributed by atoms with Gasteiger partial charge in [0, 0.05) is 11.8 Å². The zero-order valence-corrected chi connectivity index (χ0v) is 12.0. The van der Waals surface area contributed by atoms with Crippen LogP contribution in [-0.2, 0) is 4.79 Å². The van der Waals surface area contributed by atoms with Crippen molar-refractivity contribution in [2.45, 2.75) is 6.92 Å². The highest BCUT2D eigenvalue weighted by Gasteiger charge is 2.14. The number of carboxylic acid groups (broad SMARTS) is 1. The number of aromatic amines is 1. The molecule has 0 unspecified atom stereocenters. The average molecular weight is 339 g/mol. The Bertz CT molecular complexity index is 684. The van der Waals surface area contributed by atoms with Crippen LogP contribution in [-0.4, -0.2) is 22.0 Å². The number of aryl methyl sites for hydroxylation is 1. The molecule has 2 rings (SSSR count). The SMILES string of the molecule is Cc1cc(NC(=O)/C=C/c2ccc(Br)o2)c(C(=O)O)[nH]1. The van der Waals surface area contributed by atoms with Gasteiger partial charge in [0.15, 0.2) is 4.67 Å². The van der Waals surface area contributed by atoms with Crippen LogP contribution in [0.15, 0.2) is 33.4 Å². The quantitative estimate of drug-likeness (QED) is 0.746. The van der Waals surface area contributed by atoms with E-state index in [0.29, 0.717) is 16.1 Å². The van der Waals surface area contributed by atoms with Crippen molar-refractivity contribution in [1.82, 2.24) is 4.98 Å². The molecule has 0 aromatic carbocycles. The number of furan rings is 1. The summed E-state index contributed by atoms with van der Waals surface area (Å²) in [5.74, 6) is -1.07. The first-order chi connectivity index (χ1) is 9.45. The topological polar surface area (TPSA) is 95.3 Å². The lowest BCUT2D eigenvalue weighted by Gasteiger charge is -2.00. The van der Waals surface area contributed by atoms with E-state index in [1.54, 1.807) is 25.1 Å². The van der Waals surface area contributed by atoms with Crippen molar-refractivity contribution in [2.75, 3.05) is 5.32 Å². The van der Waals surface area contributed by atoms with E-state index in [4.69, 9.17) is 9.52 Å². The van der Waals surface area contributed by atoms with Crippen LogP contribution in [0, 0.1) is 6.92 Å². The van der Waals surface area contributed by atoms with Crippen LogP contribution in [0.5, 0.6) is 0 Å². The van der Waals surface area contributed by atoms with Gasteiger partial charge in [0.2, 0.25) is 5.91 Å². The third kappa shape index (κ3) is 3.39. The van der Waals surface area contributed by atoms with Gasteiger partial charge in [-0.05, 0) is 47.1 Å². The number of aromatic carboxylic acids is 1. The van der Waals surface area contributed by atoms with Crippen molar-refractivity contribution in [3.8, 4) is 0 Å². The Labute approximate surface area is 122 Å². The molecule has 0 aliphatic heterocycles. The molecule has 2 heterocycles. The van der Waals surface area contributed by atoms with Crippen molar-refractivity contribution in [2.24, 2.45) is 0 Å². The summed E-state index contributed by atoms with van der Waals surface area (Å²) in [6, 6.07) is 4.95. The highest BCUT2D eigenvalue weighted by molar-refractivity contribution is 9.10. The van der Waals surface area contributed by atoms with Crippen LogP contribution in [0.25, 0.3) is 6.08 Å². The minimum absolute atomic E-state index is 0.0509. The molecule has 2 aromatic rings. The van der Waals surface area contributed by atoms with Crippen molar-refractivity contribution in [3.63, 3.8) is 0 Å². The summed E-state index contributed by atoms with van der Waals surface area (Å²) < 4.78 is 5.76. The zero-order valence-electron chi connectivity index (χ0n) is 10.4. The number of aromatic nitrogens is 1. The molecule has 2 aromatic heterocycles. The second kappa shape index (κ2) is 5.79. The van der Waals surface area contributed by atoms with Crippen LogP contribution in [0.2, 0.25) is 0 Å². The minimum Gasteiger partial charge on any atom is -0.477 e. The molecular formula is C13H11BrN2O4. The van der Waals surface area contributed by atoms with Gasteiger partial charge in [-0.25, -0.2) is 4.79 Å². The highest BCUT2D eigenvalue weighted by Crippen LogP contribution is 2.18. The first kappa shape index (κ1) is 14.1. The molecule has 0 bridgehead atoms. The fraction of sp³-hybridized carbons (Fsp3) is 0.0769. The Morgan fingerprint density at radius 3 is 2.80 bits per heavy atom. The van der Waals surface area contributed by atoms with E-state index in [2.05, 4.69) is 26.2 Å². The number of carboxylic acids is 1. The van der Waals surface area contributed by atoms with Crippen molar-refractivity contribution >= 4 is 39.6 Å². The van der Waals surface area contributed by atoms with Crippen LogP contribution < -0.4 is 5.32 Å². The smallest absolute Gasteiger partial charge is 0.354 e. The summed E-state index contributed by atoms with van der Waals surface area (Å²) >= 11 is 3.15. The fourth-order valence-corrected chi connectivity index (χ4v) is 1.93. The van der Waals surface area contributed by atoms with E-state index in [-0.39, 0.29) is 11.4 Å². The average Bonchev–Trinajstić information content (AvgIpc) is 2.93. The Balaban J connectivity index is 2.08. The normalized spacial score (nSPS) is 10.9. The Morgan fingerprint density at radius 1 is 1.45 bits per heavy atom. The predicted octanol–water partition coefficient (Wildman–Crippen LogP) is 3.03. The number of carbonyl (C=O) groups excluding carboxylic acids is 1. The lowest BCUT2D eigenvalue weighted by Crippen LogP contribution is -2.10. The van der Waals surface area contributed by atoms with E-state index in [1.807, 2.05) is 0 Å². The molecule has 0 aliphatic carbocycles. The Kier molecular flexibility index (Phi) is 4.09. The van der Waals surface area contributed by atoms with Crippen molar-refractivity contribution in [1.29, 1.82) is 0 Å². The second-order valence-electron chi connectivity index (χ2n) is 4.01. The maximum atomic E-state index is 11.7. The van der Waals surface area contributed by atoms with E-state index in [0.717, 1.165) is 0 Å². The maximum absolute atomic E-state index is 11.7. The lowest BCUT2D eigenvalue weighted by atomic mass is 10.3. The first-order valence-corrected chi connectivity index (χ1v) is 6.42. The van der Waals surface area contributed by atoms with Crippen LogP contribution >= 0.6 is 15.9 Å². The summed E-state index contributed by atoms with van der Waals surface area (Å²) in [5, 5.41) is 11.5. The van der Waals surface area contributed by atoms with Crippen LogP contribution in [0.4, 0.5) is 5.69 Å². The molecule has 3 N–H and O–H groups in total. The number of halogens is 1. The van der Waals surface area contributed by atoms with Crippen LogP contribution in [0.1, 0.15) is 21.9 Å². The minimum atomic E-state index is -1.13. The molecule has 0 radical (unpaired) electrons. The zero-order chi connectivity index (χ0) is 14.7. The first-order valence-electron chi connectivity index (χ1n) is 5.63. The molecule has 104 valence electrons. The molecular weight excluding hydrogens is 328 g/mol. The Morgan fingerprint density at radius 2 is 2.20 bits per heavy atom. The predicted molar refractivity (Wildman–Crippen MR) is 76.6 cm³/mol.